The molecule has 9 nitrogen and oxygen atoms in total. The van der Waals surface area contributed by atoms with E-state index in [2.05, 4.69) is 0 Å². The van der Waals surface area contributed by atoms with E-state index in [1.807, 2.05) is 30.3 Å². The van der Waals surface area contributed by atoms with E-state index >= 15 is 0 Å². The number of carbonyl (C=O) groups is 1. The Hall–Kier alpha value is -2.85. The van der Waals surface area contributed by atoms with E-state index in [-0.39, 0.29) is 19.1 Å². The number of aryl methyl sites for hydroxylation is 1. The van der Waals surface area contributed by atoms with E-state index in [1.165, 1.54) is 23.9 Å². The highest BCUT2D eigenvalue weighted by Gasteiger charge is 2.71. The van der Waals surface area contributed by atoms with Gasteiger partial charge in [-0.2, -0.15) is 0 Å². The molecule has 0 amide bonds. The molecule has 5 atom stereocenters. The molecule has 32 heavy (non-hydrogen) atoms. The lowest BCUT2D eigenvalue weighted by atomic mass is 9.83. The third-order valence-electron chi connectivity index (χ3n) is 6.35. The molecule has 0 radical (unpaired) electrons. The van der Waals surface area contributed by atoms with Gasteiger partial charge in [0, 0.05) is 18.9 Å². The summed E-state index contributed by atoms with van der Waals surface area (Å²) in [5.41, 5.74) is -1.07. The Morgan fingerprint density at radius 1 is 1.19 bits per heavy atom. The number of rotatable bonds is 6. The molecule has 0 N–H and O–H groups in total. The van der Waals surface area contributed by atoms with Crippen LogP contribution in [0.2, 0.25) is 0 Å². The summed E-state index contributed by atoms with van der Waals surface area (Å²) in [6, 6.07) is 9.46. The molecule has 2 aromatic rings. The molecule has 0 unspecified atom stereocenters. The molecular formula is C23H24N2O7. The second-order valence-electron chi connectivity index (χ2n) is 8.25. The Balaban J connectivity index is 1.46. The zero-order valence-corrected chi connectivity index (χ0v) is 17.8. The molecule has 2 bridgehead atoms. The molecule has 3 heterocycles. The fourth-order valence-corrected chi connectivity index (χ4v) is 4.84. The van der Waals surface area contributed by atoms with E-state index < -0.39 is 41.4 Å². The van der Waals surface area contributed by atoms with Crippen LogP contribution in [0.3, 0.4) is 0 Å². The number of ether oxygens (including phenoxy) is 4. The first kappa shape index (κ1) is 21.0. The van der Waals surface area contributed by atoms with Crippen LogP contribution in [0, 0.1) is 6.92 Å². The molecule has 168 valence electrons. The highest BCUT2D eigenvalue weighted by atomic mass is 16.7. The highest BCUT2D eigenvalue weighted by molar-refractivity contribution is 6.00. The van der Waals surface area contributed by atoms with Gasteiger partial charge in [-0.05, 0) is 25.0 Å². The minimum absolute atomic E-state index is 0.213. The first-order chi connectivity index (χ1) is 15.5. The molecule has 3 aliphatic rings. The molecule has 0 saturated carbocycles. The zero-order valence-electron chi connectivity index (χ0n) is 17.8. The lowest BCUT2D eigenvalue weighted by Gasteiger charge is -2.37. The van der Waals surface area contributed by atoms with Gasteiger partial charge in [-0.3, -0.25) is 14.2 Å². The van der Waals surface area contributed by atoms with Gasteiger partial charge in [0.15, 0.2) is 17.6 Å². The van der Waals surface area contributed by atoms with Crippen LogP contribution < -0.4 is 11.2 Å². The summed E-state index contributed by atoms with van der Waals surface area (Å²) in [5, 5.41) is 0. The number of ketones is 1. The first-order valence-electron chi connectivity index (χ1n) is 10.5. The van der Waals surface area contributed by atoms with Gasteiger partial charge in [0.25, 0.3) is 5.56 Å². The molecule has 5 rings (SSSR count). The van der Waals surface area contributed by atoms with Gasteiger partial charge in [-0.1, -0.05) is 36.4 Å². The van der Waals surface area contributed by atoms with Crippen LogP contribution in [0.15, 0.2) is 58.3 Å². The molecule has 1 aromatic heterocycles. The molecule has 2 fully saturated rings. The van der Waals surface area contributed by atoms with Crippen molar-refractivity contribution in [2.75, 3.05) is 7.11 Å². The van der Waals surface area contributed by atoms with Crippen molar-refractivity contribution in [2.24, 2.45) is 0 Å². The van der Waals surface area contributed by atoms with Gasteiger partial charge in [0.05, 0.1) is 6.61 Å². The number of hydrogen-bond acceptors (Lipinski definition) is 7. The predicted octanol–water partition coefficient (Wildman–Crippen LogP) is 1.07. The van der Waals surface area contributed by atoms with Crippen LogP contribution in [-0.2, 0) is 37.1 Å². The summed E-state index contributed by atoms with van der Waals surface area (Å²) in [6.07, 6.45) is 2.50. The third kappa shape index (κ3) is 3.04. The maximum atomic E-state index is 13.3. The van der Waals surface area contributed by atoms with Gasteiger partial charge >= 0.3 is 5.69 Å². The van der Waals surface area contributed by atoms with Crippen molar-refractivity contribution in [3.05, 3.63) is 80.6 Å². The van der Waals surface area contributed by atoms with E-state index in [4.69, 9.17) is 18.9 Å². The van der Waals surface area contributed by atoms with Crippen molar-refractivity contribution in [3.63, 3.8) is 0 Å². The van der Waals surface area contributed by atoms with E-state index in [9.17, 15) is 14.4 Å². The highest BCUT2D eigenvalue weighted by Crippen LogP contribution is 2.52. The Bertz CT molecular complexity index is 1190. The topological polar surface area (TPSA) is 98.0 Å². The van der Waals surface area contributed by atoms with Crippen LogP contribution in [0.5, 0.6) is 0 Å². The van der Waals surface area contributed by atoms with Crippen molar-refractivity contribution in [1.29, 1.82) is 0 Å². The van der Waals surface area contributed by atoms with Gasteiger partial charge in [0.2, 0.25) is 0 Å². The van der Waals surface area contributed by atoms with Crippen LogP contribution in [0.25, 0.3) is 0 Å². The normalized spacial score (nSPS) is 30.6. The Labute approximate surface area is 183 Å². The maximum Gasteiger partial charge on any atom is 0.335 e. The van der Waals surface area contributed by atoms with Gasteiger partial charge in [-0.15, -0.1) is 0 Å². The first-order valence-corrected chi connectivity index (χ1v) is 10.5. The Morgan fingerprint density at radius 3 is 2.72 bits per heavy atom. The lowest BCUT2D eigenvalue weighted by molar-refractivity contribution is -0.210. The Kier molecular flexibility index (Phi) is 5.21. The summed E-state index contributed by atoms with van der Waals surface area (Å²) in [5.74, 6) is -0.241. The summed E-state index contributed by atoms with van der Waals surface area (Å²) in [6.45, 7) is 1.66. The summed E-state index contributed by atoms with van der Waals surface area (Å²) >= 11 is 0. The van der Waals surface area contributed by atoms with Crippen LogP contribution in [0.1, 0.15) is 23.8 Å². The lowest BCUT2D eigenvalue weighted by Crippen LogP contribution is -2.55. The Morgan fingerprint density at radius 2 is 1.97 bits per heavy atom. The number of fused-ring (bicyclic) bond motifs is 1. The molecular weight excluding hydrogens is 416 g/mol. The van der Waals surface area contributed by atoms with Crippen molar-refractivity contribution in [2.45, 2.75) is 56.8 Å². The smallest absolute Gasteiger partial charge is 0.335 e. The van der Waals surface area contributed by atoms with Crippen LogP contribution in [-0.4, -0.2) is 45.9 Å². The second-order valence-corrected chi connectivity index (χ2v) is 8.25. The average molecular weight is 440 g/mol. The van der Waals surface area contributed by atoms with E-state index in [0.29, 0.717) is 12.0 Å². The summed E-state index contributed by atoms with van der Waals surface area (Å²) < 4.78 is 25.9. The fourth-order valence-electron chi connectivity index (χ4n) is 4.84. The number of aromatic nitrogens is 2. The summed E-state index contributed by atoms with van der Waals surface area (Å²) in [4.78, 5) is 38.7. The third-order valence-corrected chi connectivity index (χ3v) is 6.35. The molecule has 2 saturated heterocycles. The second kappa shape index (κ2) is 7.93. The molecule has 1 aromatic carbocycles. The van der Waals surface area contributed by atoms with Crippen molar-refractivity contribution in [3.8, 4) is 0 Å². The van der Waals surface area contributed by atoms with Gasteiger partial charge in [-0.25, -0.2) is 9.36 Å². The minimum Gasteiger partial charge on any atom is -0.375 e. The molecule has 9 heteroatoms. The summed E-state index contributed by atoms with van der Waals surface area (Å²) in [7, 11) is 1.49. The standard InChI is InChI=1S/C23H24N2O7/c1-14-11-24(22(28)25(20(14)27)13-30-12-15-7-4-3-5-8-15)21-18-19(29-2)23(32-21)16(26)9-6-10-17(23)31-18/h3-9,11,17-19,21H,10,12-13H2,1-2H3/t17-,18+,19-,21+,23-/m0/s1. The van der Waals surface area contributed by atoms with Crippen LogP contribution in [0.4, 0.5) is 0 Å². The predicted molar refractivity (Wildman–Crippen MR) is 112 cm³/mol. The zero-order chi connectivity index (χ0) is 22.5. The number of nitrogens with zero attached hydrogens (tertiary/aromatic N) is 2. The maximum absolute atomic E-state index is 13.3. The van der Waals surface area contributed by atoms with Crippen LogP contribution >= 0.6 is 0 Å². The van der Waals surface area contributed by atoms with E-state index in [0.717, 1.165) is 10.1 Å². The average Bonchev–Trinajstić information content (AvgIpc) is 3.30. The molecule has 1 aliphatic carbocycles. The van der Waals surface area contributed by atoms with Crippen molar-refractivity contribution >= 4 is 5.78 Å². The minimum atomic E-state index is -1.29. The van der Waals surface area contributed by atoms with Crippen molar-refractivity contribution in [1.82, 2.24) is 9.13 Å². The largest absolute Gasteiger partial charge is 0.375 e. The number of methoxy groups -OCH3 is 1. The van der Waals surface area contributed by atoms with Gasteiger partial charge in [0.1, 0.15) is 25.0 Å². The quantitative estimate of drug-likeness (QED) is 0.663. The van der Waals surface area contributed by atoms with Crippen molar-refractivity contribution < 1.29 is 23.7 Å². The number of hydrogen-bond donors (Lipinski definition) is 0. The monoisotopic (exact) mass is 440 g/mol. The SMILES string of the molecule is CO[C@H]1[C@H]2O[C@H]3CC=CC(=O)[C@]31O[C@H]2n1cc(C)c(=O)n(COCc2ccccc2)c1=O. The van der Waals surface area contributed by atoms with E-state index in [1.54, 1.807) is 13.0 Å². The fraction of sp³-hybridized carbons (Fsp3) is 0.435. The number of carbonyl (C=O) groups excluding carboxylic acids is 1. The number of benzene rings is 1. The van der Waals surface area contributed by atoms with Gasteiger partial charge < -0.3 is 18.9 Å². The molecule has 1 spiro atoms. The molecule has 2 aliphatic heterocycles.